The number of rotatable bonds is 2. The van der Waals surface area contributed by atoms with E-state index < -0.39 is 0 Å². The minimum absolute atomic E-state index is 0.833. The van der Waals surface area contributed by atoms with E-state index in [1.807, 2.05) is 18.5 Å². The Bertz CT molecular complexity index is 284. The third kappa shape index (κ3) is 7.92. The van der Waals surface area contributed by atoms with Crippen LogP contribution in [-0.4, -0.2) is 4.98 Å². The Kier molecular flexibility index (Phi) is 7.61. The standard InChI is InChI=1S/C10H13N.C4H10/c1-3-4-5-10-8-11-7-6-9(10)2;1-4(2)3/h4-8H,3H2,1-2H3;4H,1-3H3/b5-4-;. The summed E-state index contributed by atoms with van der Waals surface area (Å²) < 4.78 is 0. The van der Waals surface area contributed by atoms with Gasteiger partial charge < -0.3 is 0 Å². The van der Waals surface area contributed by atoms with Gasteiger partial charge in [0.1, 0.15) is 0 Å². The first-order chi connectivity index (χ1) is 7.07. The van der Waals surface area contributed by atoms with Crippen molar-refractivity contribution in [1.29, 1.82) is 0 Å². The fourth-order valence-electron chi connectivity index (χ4n) is 0.896. The minimum atomic E-state index is 0.833. The Balaban J connectivity index is 0.000000423. The normalized spacial score (nSPS) is 10.3. The first kappa shape index (κ1) is 13.9. The highest BCUT2D eigenvalue weighted by atomic mass is 14.6. The zero-order valence-corrected chi connectivity index (χ0v) is 10.6. The fraction of sp³-hybridized carbons (Fsp3) is 0.500. The molecule has 0 aliphatic heterocycles. The van der Waals surface area contributed by atoms with E-state index in [1.165, 1.54) is 11.1 Å². The van der Waals surface area contributed by atoms with E-state index in [0.717, 1.165) is 12.3 Å². The predicted molar refractivity (Wildman–Crippen MR) is 68.8 cm³/mol. The molecule has 84 valence electrons. The fourth-order valence-corrected chi connectivity index (χ4v) is 0.896. The maximum Gasteiger partial charge on any atom is 0.0342 e. The summed E-state index contributed by atoms with van der Waals surface area (Å²) in [5, 5.41) is 0. The van der Waals surface area contributed by atoms with Crippen LogP contribution in [0.15, 0.2) is 24.5 Å². The van der Waals surface area contributed by atoms with Gasteiger partial charge in [0.15, 0.2) is 0 Å². The van der Waals surface area contributed by atoms with E-state index in [9.17, 15) is 0 Å². The molecule has 1 nitrogen and oxygen atoms in total. The highest BCUT2D eigenvalue weighted by molar-refractivity contribution is 5.51. The van der Waals surface area contributed by atoms with Gasteiger partial charge in [-0.25, -0.2) is 0 Å². The van der Waals surface area contributed by atoms with Crippen LogP contribution in [0.2, 0.25) is 0 Å². The van der Waals surface area contributed by atoms with Crippen LogP contribution in [0.5, 0.6) is 0 Å². The van der Waals surface area contributed by atoms with E-state index in [-0.39, 0.29) is 0 Å². The summed E-state index contributed by atoms with van der Waals surface area (Å²) in [7, 11) is 0. The Labute approximate surface area is 94.3 Å². The molecule has 0 saturated heterocycles. The Morgan fingerprint density at radius 3 is 2.40 bits per heavy atom. The van der Waals surface area contributed by atoms with Gasteiger partial charge in [0.05, 0.1) is 0 Å². The third-order valence-corrected chi connectivity index (χ3v) is 1.61. The van der Waals surface area contributed by atoms with Crippen molar-refractivity contribution < 1.29 is 0 Å². The molecule has 0 radical (unpaired) electrons. The van der Waals surface area contributed by atoms with Crippen molar-refractivity contribution >= 4 is 6.08 Å². The van der Waals surface area contributed by atoms with Gasteiger partial charge >= 0.3 is 0 Å². The molecule has 1 aromatic rings. The van der Waals surface area contributed by atoms with Crippen molar-refractivity contribution in [2.24, 2.45) is 5.92 Å². The molecule has 0 aromatic carbocycles. The summed E-state index contributed by atoms with van der Waals surface area (Å²) in [6, 6.07) is 2.02. The zero-order valence-electron chi connectivity index (χ0n) is 10.6. The SMILES string of the molecule is CC(C)C.CC/C=C\c1cnccc1C. The lowest BCUT2D eigenvalue weighted by Gasteiger charge is -1.96. The molecule has 1 heterocycles. The second kappa shape index (κ2) is 8.22. The molecule has 1 heteroatoms. The average Bonchev–Trinajstić information content (AvgIpc) is 2.16. The summed E-state index contributed by atoms with van der Waals surface area (Å²) in [4.78, 5) is 4.05. The molecule has 1 aromatic heterocycles. The summed E-state index contributed by atoms with van der Waals surface area (Å²) in [6.45, 7) is 10.7. The first-order valence-electron chi connectivity index (χ1n) is 5.65. The molecule has 0 bridgehead atoms. The summed E-state index contributed by atoms with van der Waals surface area (Å²) in [5.41, 5.74) is 2.50. The van der Waals surface area contributed by atoms with Gasteiger partial charge in [0.25, 0.3) is 0 Å². The number of hydrogen-bond acceptors (Lipinski definition) is 1. The smallest absolute Gasteiger partial charge is 0.0342 e. The van der Waals surface area contributed by atoms with E-state index in [4.69, 9.17) is 0 Å². The van der Waals surface area contributed by atoms with Crippen LogP contribution in [0.4, 0.5) is 0 Å². The van der Waals surface area contributed by atoms with Gasteiger partial charge in [-0.3, -0.25) is 4.98 Å². The first-order valence-corrected chi connectivity index (χ1v) is 5.65. The van der Waals surface area contributed by atoms with Gasteiger partial charge in [-0.15, -0.1) is 0 Å². The maximum absolute atomic E-state index is 4.05. The molecule has 0 atom stereocenters. The monoisotopic (exact) mass is 205 g/mol. The van der Waals surface area contributed by atoms with Gasteiger partial charge in [-0.1, -0.05) is 39.8 Å². The Hall–Kier alpha value is -1.11. The number of pyridine rings is 1. The largest absolute Gasteiger partial charge is 0.264 e. The van der Waals surface area contributed by atoms with Crippen molar-refractivity contribution in [3.8, 4) is 0 Å². The van der Waals surface area contributed by atoms with Crippen LogP contribution in [0.3, 0.4) is 0 Å². The molecule has 0 saturated carbocycles. The maximum atomic E-state index is 4.05. The highest BCUT2D eigenvalue weighted by Gasteiger charge is 1.89. The number of hydrogen-bond donors (Lipinski definition) is 0. The van der Waals surface area contributed by atoms with Crippen LogP contribution >= 0.6 is 0 Å². The van der Waals surface area contributed by atoms with Crippen molar-refractivity contribution in [2.75, 3.05) is 0 Å². The quantitative estimate of drug-likeness (QED) is 0.694. The lowest BCUT2D eigenvalue weighted by atomic mass is 10.1. The number of nitrogens with zero attached hydrogens (tertiary/aromatic N) is 1. The Morgan fingerprint density at radius 2 is 1.93 bits per heavy atom. The number of allylic oxidation sites excluding steroid dienone is 1. The molecule has 0 unspecified atom stereocenters. The van der Waals surface area contributed by atoms with Gasteiger partial charge in [0.2, 0.25) is 0 Å². The molecule has 1 rings (SSSR count). The van der Waals surface area contributed by atoms with Gasteiger partial charge in [0, 0.05) is 12.4 Å². The molecule has 0 spiro atoms. The minimum Gasteiger partial charge on any atom is -0.264 e. The lowest BCUT2D eigenvalue weighted by Crippen LogP contribution is -1.80. The van der Waals surface area contributed by atoms with Crippen LogP contribution in [0, 0.1) is 12.8 Å². The Morgan fingerprint density at radius 1 is 1.33 bits per heavy atom. The molecule has 0 aliphatic rings. The van der Waals surface area contributed by atoms with Crippen molar-refractivity contribution in [3.63, 3.8) is 0 Å². The van der Waals surface area contributed by atoms with Crippen LogP contribution in [-0.2, 0) is 0 Å². The molecule has 15 heavy (non-hydrogen) atoms. The highest BCUT2D eigenvalue weighted by Crippen LogP contribution is 2.06. The van der Waals surface area contributed by atoms with E-state index in [2.05, 4.69) is 51.8 Å². The molecule has 0 aliphatic carbocycles. The van der Waals surface area contributed by atoms with E-state index in [1.54, 1.807) is 0 Å². The van der Waals surface area contributed by atoms with Gasteiger partial charge in [-0.05, 0) is 36.5 Å². The van der Waals surface area contributed by atoms with Crippen LogP contribution < -0.4 is 0 Å². The lowest BCUT2D eigenvalue weighted by molar-refractivity contribution is 0.737. The molecule has 0 amide bonds. The average molecular weight is 205 g/mol. The molecule has 0 N–H and O–H groups in total. The van der Waals surface area contributed by atoms with Crippen molar-refractivity contribution in [3.05, 3.63) is 35.7 Å². The second-order valence-corrected chi connectivity index (χ2v) is 4.27. The van der Waals surface area contributed by atoms with Crippen molar-refractivity contribution in [1.82, 2.24) is 4.98 Å². The predicted octanol–water partition coefficient (Wildman–Crippen LogP) is 4.48. The van der Waals surface area contributed by atoms with E-state index in [0.29, 0.717) is 0 Å². The zero-order chi connectivity index (χ0) is 11.7. The number of aromatic nitrogens is 1. The number of aryl methyl sites for hydroxylation is 1. The van der Waals surface area contributed by atoms with E-state index >= 15 is 0 Å². The molecular weight excluding hydrogens is 182 g/mol. The van der Waals surface area contributed by atoms with Crippen LogP contribution in [0.25, 0.3) is 6.08 Å². The van der Waals surface area contributed by atoms with Crippen LogP contribution in [0.1, 0.15) is 45.2 Å². The topological polar surface area (TPSA) is 12.9 Å². The summed E-state index contributed by atoms with van der Waals surface area (Å²) in [6.07, 6.45) is 9.04. The second-order valence-electron chi connectivity index (χ2n) is 4.27. The summed E-state index contributed by atoms with van der Waals surface area (Å²) in [5.74, 6) is 0.833. The summed E-state index contributed by atoms with van der Waals surface area (Å²) >= 11 is 0. The molecular formula is C14H23N. The third-order valence-electron chi connectivity index (χ3n) is 1.61. The van der Waals surface area contributed by atoms with Crippen molar-refractivity contribution in [2.45, 2.75) is 41.0 Å². The molecule has 0 fully saturated rings. The van der Waals surface area contributed by atoms with Gasteiger partial charge in [-0.2, -0.15) is 0 Å².